The Morgan fingerprint density at radius 1 is 1.38 bits per heavy atom. The van der Waals surface area contributed by atoms with Crippen molar-refractivity contribution in [2.24, 2.45) is 0 Å². The van der Waals surface area contributed by atoms with Gasteiger partial charge in [0.15, 0.2) is 9.84 Å². The van der Waals surface area contributed by atoms with Crippen LogP contribution in [0, 0.1) is 0 Å². The maximum Gasteiger partial charge on any atom is 0.251 e. The molecule has 0 bridgehead atoms. The van der Waals surface area contributed by atoms with Crippen molar-refractivity contribution in [3.05, 3.63) is 28.8 Å². The van der Waals surface area contributed by atoms with Crippen LogP contribution in [0.25, 0.3) is 0 Å². The van der Waals surface area contributed by atoms with Crippen molar-refractivity contribution in [1.29, 1.82) is 0 Å². The summed E-state index contributed by atoms with van der Waals surface area (Å²) < 4.78 is 23.3. The van der Waals surface area contributed by atoms with Crippen LogP contribution in [0.1, 0.15) is 36.5 Å². The fraction of sp³-hybridized carbons (Fsp3) is 0.500. The van der Waals surface area contributed by atoms with Crippen LogP contribution >= 0.6 is 11.6 Å². The smallest absolute Gasteiger partial charge is 0.251 e. The molecular formula is C16H19ClN2O4S. The predicted octanol–water partition coefficient (Wildman–Crippen LogP) is 1.77. The standard InChI is InChI=1S/C16H19ClN2O4S/c1-16(6-8-24(22,23)10-16)18-15(21)11-4-5-12(17)13(9-11)19-7-2-3-14(19)20/h4-5,9H,2-3,6-8,10H2,1H3,(H,18,21). The van der Waals surface area contributed by atoms with Crippen molar-refractivity contribution < 1.29 is 18.0 Å². The summed E-state index contributed by atoms with van der Waals surface area (Å²) in [4.78, 5) is 26.0. The molecule has 0 radical (unpaired) electrons. The molecule has 0 spiro atoms. The highest BCUT2D eigenvalue weighted by molar-refractivity contribution is 7.91. The molecule has 3 rings (SSSR count). The molecule has 1 N–H and O–H groups in total. The summed E-state index contributed by atoms with van der Waals surface area (Å²) in [5.74, 6) is -0.350. The highest BCUT2D eigenvalue weighted by atomic mass is 35.5. The zero-order valence-electron chi connectivity index (χ0n) is 13.3. The van der Waals surface area contributed by atoms with Gasteiger partial charge in [0.25, 0.3) is 5.91 Å². The van der Waals surface area contributed by atoms with Gasteiger partial charge in [0.05, 0.1) is 27.8 Å². The molecule has 1 atom stereocenters. The van der Waals surface area contributed by atoms with Crippen molar-refractivity contribution in [1.82, 2.24) is 5.32 Å². The molecular weight excluding hydrogens is 352 g/mol. The Balaban J connectivity index is 1.82. The summed E-state index contributed by atoms with van der Waals surface area (Å²) in [5, 5.41) is 3.22. The average molecular weight is 371 g/mol. The van der Waals surface area contributed by atoms with Gasteiger partial charge in [-0.05, 0) is 38.0 Å². The number of nitrogens with one attached hydrogen (secondary N) is 1. The van der Waals surface area contributed by atoms with Gasteiger partial charge in [-0.15, -0.1) is 0 Å². The number of anilines is 1. The Labute approximate surface area is 146 Å². The van der Waals surface area contributed by atoms with Crippen LogP contribution in [0.5, 0.6) is 0 Å². The first kappa shape index (κ1) is 17.2. The van der Waals surface area contributed by atoms with Crippen LogP contribution in [0.3, 0.4) is 0 Å². The lowest BCUT2D eigenvalue weighted by molar-refractivity contribution is -0.117. The Morgan fingerprint density at radius 3 is 2.71 bits per heavy atom. The van der Waals surface area contributed by atoms with Crippen molar-refractivity contribution >= 4 is 38.9 Å². The van der Waals surface area contributed by atoms with Crippen LogP contribution in [0.4, 0.5) is 5.69 Å². The van der Waals surface area contributed by atoms with E-state index in [9.17, 15) is 18.0 Å². The Morgan fingerprint density at radius 2 is 2.12 bits per heavy atom. The molecule has 24 heavy (non-hydrogen) atoms. The van der Waals surface area contributed by atoms with E-state index in [0.29, 0.717) is 35.7 Å². The van der Waals surface area contributed by atoms with Crippen LogP contribution in [0.15, 0.2) is 18.2 Å². The zero-order valence-corrected chi connectivity index (χ0v) is 14.9. The fourth-order valence-electron chi connectivity index (χ4n) is 3.22. The van der Waals surface area contributed by atoms with Crippen LogP contribution in [-0.4, -0.2) is 43.8 Å². The van der Waals surface area contributed by atoms with E-state index in [0.717, 1.165) is 6.42 Å². The number of hydrogen-bond acceptors (Lipinski definition) is 4. The number of carbonyl (C=O) groups excluding carboxylic acids is 2. The first-order valence-corrected chi connectivity index (χ1v) is 10.0. The summed E-state index contributed by atoms with van der Waals surface area (Å²) in [6.07, 6.45) is 1.64. The molecule has 1 unspecified atom stereocenters. The summed E-state index contributed by atoms with van der Waals surface area (Å²) in [6, 6.07) is 4.76. The minimum Gasteiger partial charge on any atom is -0.346 e. The third-order valence-electron chi connectivity index (χ3n) is 4.49. The van der Waals surface area contributed by atoms with Gasteiger partial charge >= 0.3 is 0 Å². The van der Waals surface area contributed by atoms with E-state index in [-0.39, 0.29) is 23.3 Å². The van der Waals surface area contributed by atoms with E-state index in [2.05, 4.69) is 5.32 Å². The van der Waals surface area contributed by atoms with E-state index in [1.54, 1.807) is 30.0 Å². The van der Waals surface area contributed by atoms with Gasteiger partial charge in [-0.1, -0.05) is 11.6 Å². The lowest BCUT2D eigenvalue weighted by Crippen LogP contribution is -2.46. The Hall–Kier alpha value is -1.60. The largest absolute Gasteiger partial charge is 0.346 e. The highest BCUT2D eigenvalue weighted by Gasteiger charge is 2.39. The number of benzene rings is 1. The molecule has 2 heterocycles. The van der Waals surface area contributed by atoms with Crippen molar-refractivity contribution in [3.8, 4) is 0 Å². The van der Waals surface area contributed by atoms with E-state index >= 15 is 0 Å². The molecule has 1 aromatic carbocycles. The molecule has 0 saturated carbocycles. The third-order valence-corrected chi connectivity index (χ3v) is 6.71. The zero-order chi connectivity index (χ0) is 17.5. The molecule has 2 aliphatic heterocycles. The summed E-state index contributed by atoms with van der Waals surface area (Å²) >= 11 is 6.18. The quantitative estimate of drug-likeness (QED) is 0.878. The summed E-state index contributed by atoms with van der Waals surface area (Å²) in [7, 11) is -3.11. The average Bonchev–Trinajstić information content (AvgIpc) is 3.02. The van der Waals surface area contributed by atoms with E-state index in [1.165, 1.54) is 0 Å². The molecule has 6 nitrogen and oxygen atoms in total. The predicted molar refractivity (Wildman–Crippen MR) is 92.2 cm³/mol. The van der Waals surface area contributed by atoms with Crippen molar-refractivity contribution in [3.63, 3.8) is 0 Å². The van der Waals surface area contributed by atoms with Gasteiger partial charge in [-0.25, -0.2) is 8.42 Å². The minimum absolute atomic E-state index is 0.0108. The molecule has 2 fully saturated rings. The monoisotopic (exact) mass is 370 g/mol. The van der Waals surface area contributed by atoms with Gasteiger partial charge < -0.3 is 10.2 Å². The maximum atomic E-state index is 12.5. The molecule has 130 valence electrons. The minimum atomic E-state index is -3.11. The molecule has 2 aliphatic rings. The molecule has 0 aromatic heterocycles. The SMILES string of the molecule is CC1(NC(=O)c2ccc(Cl)c(N3CCCC3=O)c2)CCS(=O)(=O)C1. The molecule has 1 aromatic rings. The first-order valence-electron chi connectivity index (χ1n) is 7.82. The normalized spacial score (nSPS) is 25.9. The molecule has 0 aliphatic carbocycles. The van der Waals surface area contributed by atoms with E-state index in [1.807, 2.05) is 0 Å². The van der Waals surface area contributed by atoms with Gasteiger partial charge in [0, 0.05) is 18.5 Å². The van der Waals surface area contributed by atoms with Gasteiger partial charge in [-0.3, -0.25) is 9.59 Å². The second kappa shape index (κ2) is 6.04. The number of rotatable bonds is 3. The third kappa shape index (κ3) is 3.42. The molecule has 2 saturated heterocycles. The maximum absolute atomic E-state index is 12.5. The lowest BCUT2D eigenvalue weighted by atomic mass is 10.0. The van der Waals surface area contributed by atoms with Gasteiger partial charge in [0.1, 0.15) is 0 Å². The Kier molecular flexibility index (Phi) is 4.34. The molecule has 2 amide bonds. The number of carbonyl (C=O) groups is 2. The van der Waals surface area contributed by atoms with E-state index in [4.69, 9.17) is 11.6 Å². The van der Waals surface area contributed by atoms with Crippen molar-refractivity contribution in [2.75, 3.05) is 23.0 Å². The van der Waals surface area contributed by atoms with Crippen LogP contribution in [0.2, 0.25) is 5.02 Å². The fourth-order valence-corrected chi connectivity index (χ4v) is 5.53. The van der Waals surface area contributed by atoms with Gasteiger partial charge in [0.2, 0.25) is 5.91 Å². The summed E-state index contributed by atoms with van der Waals surface area (Å²) in [6.45, 7) is 2.32. The first-order chi connectivity index (χ1) is 11.2. The second-order valence-corrected chi connectivity index (χ2v) is 9.26. The van der Waals surface area contributed by atoms with Crippen LogP contribution < -0.4 is 10.2 Å². The number of halogens is 1. The van der Waals surface area contributed by atoms with Gasteiger partial charge in [-0.2, -0.15) is 0 Å². The topological polar surface area (TPSA) is 83.6 Å². The number of amides is 2. The number of hydrogen-bond donors (Lipinski definition) is 1. The highest BCUT2D eigenvalue weighted by Crippen LogP contribution is 2.31. The summed E-state index contributed by atoms with van der Waals surface area (Å²) in [5.41, 5.74) is 0.120. The van der Waals surface area contributed by atoms with Crippen molar-refractivity contribution in [2.45, 2.75) is 31.7 Å². The number of nitrogens with zero attached hydrogens (tertiary/aromatic N) is 1. The number of sulfone groups is 1. The molecule has 8 heteroatoms. The second-order valence-electron chi connectivity index (χ2n) is 6.67. The van der Waals surface area contributed by atoms with Crippen LogP contribution in [-0.2, 0) is 14.6 Å². The van der Waals surface area contributed by atoms with E-state index < -0.39 is 15.4 Å². The lowest BCUT2D eigenvalue weighted by Gasteiger charge is -2.24. The Bertz CT molecular complexity index is 808.